The molecule has 0 saturated carbocycles. The smallest absolute Gasteiger partial charge is 0.339 e. The van der Waals surface area contributed by atoms with E-state index in [4.69, 9.17) is 14.5 Å². The van der Waals surface area contributed by atoms with E-state index in [1.54, 1.807) is 7.11 Å². The number of fused-ring (bicyclic) bond motifs is 2. The fourth-order valence-corrected chi connectivity index (χ4v) is 4.95. The molecule has 5 rings (SSSR count). The number of rotatable bonds is 6. The Kier molecular flexibility index (Phi) is 6.43. The highest BCUT2D eigenvalue weighted by Crippen LogP contribution is 2.32. The molecular weight excluding hydrogens is 464 g/mol. The van der Waals surface area contributed by atoms with Gasteiger partial charge in [-0.15, -0.1) is 11.3 Å². The number of likely N-dealkylation sites (N-methyl/N-ethyl adjacent to an activating group) is 1. The molecular formula is C26H24N4O4S. The Labute approximate surface area is 206 Å². The number of nitrogens with zero attached hydrogens (tertiary/aromatic N) is 3. The average Bonchev–Trinajstić information content (AvgIpc) is 3.34. The highest BCUT2D eigenvalue weighted by atomic mass is 32.1. The summed E-state index contributed by atoms with van der Waals surface area (Å²) in [6.07, 6.45) is 0.760. The first kappa shape index (κ1) is 22.9. The molecule has 1 amide bonds. The van der Waals surface area contributed by atoms with Crippen molar-refractivity contribution < 1.29 is 19.1 Å². The van der Waals surface area contributed by atoms with Gasteiger partial charge in [-0.05, 0) is 25.2 Å². The lowest BCUT2D eigenvalue weighted by atomic mass is 9.96. The monoisotopic (exact) mass is 488 g/mol. The van der Waals surface area contributed by atoms with Gasteiger partial charge in [0.2, 0.25) is 0 Å². The molecule has 0 saturated heterocycles. The molecule has 0 bridgehead atoms. The molecule has 2 aromatic heterocycles. The topological polar surface area (TPSA) is 93.6 Å². The molecule has 8 nitrogen and oxygen atoms in total. The number of aromatic nitrogens is 2. The number of esters is 1. The molecule has 1 aliphatic rings. The summed E-state index contributed by atoms with van der Waals surface area (Å²) in [7, 11) is 3.61. The van der Waals surface area contributed by atoms with Crippen LogP contribution in [0.1, 0.15) is 21.6 Å². The molecule has 0 aliphatic carbocycles. The van der Waals surface area contributed by atoms with Gasteiger partial charge in [-0.25, -0.2) is 9.78 Å². The Bertz CT molecular complexity index is 1420. The van der Waals surface area contributed by atoms with Crippen LogP contribution in [-0.4, -0.2) is 54.1 Å². The molecule has 178 valence electrons. The quantitative estimate of drug-likeness (QED) is 0.408. The number of methoxy groups -OCH3 is 1. The van der Waals surface area contributed by atoms with Crippen LogP contribution in [0, 0.1) is 0 Å². The van der Waals surface area contributed by atoms with Gasteiger partial charge in [0.25, 0.3) is 5.91 Å². The Morgan fingerprint density at radius 1 is 1.11 bits per heavy atom. The number of carbonyl (C=O) groups excluding carboxylic acids is 2. The normalized spacial score (nSPS) is 13.3. The molecule has 9 heteroatoms. The molecule has 0 spiro atoms. The summed E-state index contributed by atoms with van der Waals surface area (Å²) in [6.45, 7) is 1.07. The Morgan fingerprint density at radius 3 is 2.77 bits per heavy atom. The largest absolute Gasteiger partial charge is 0.496 e. The average molecular weight is 489 g/mol. The van der Waals surface area contributed by atoms with Gasteiger partial charge in [0.1, 0.15) is 5.75 Å². The van der Waals surface area contributed by atoms with Crippen LogP contribution in [0.5, 0.6) is 5.75 Å². The first-order valence-corrected chi connectivity index (χ1v) is 12.1. The number of amides is 1. The van der Waals surface area contributed by atoms with Crippen molar-refractivity contribution in [1.82, 2.24) is 14.9 Å². The highest BCUT2D eigenvalue weighted by molar-refractivity contribution is 7.14. The predicted octanol–water partition coefficient (Wildman–Crippen LogP) is 4.15. The second-order valence-electron chi connectivity index (χ2n) is 8.28. The first-order valence-electron chi connectivity index (χ1n) is 11.2. The molecule has 0 fully saturated rings. The number of anilines is 1. The maximum Gasteiger partial charge on any atom is 0.339 e. The fraction of sp³-hybridized carbons (Fsp3) is 0.231. The van der Waals surface area contributed by atoms with Crippen molar-refractivity contribution in [3.8, 4) is 17.0 Å². The molecule has 35 heavy (non-hydrogen) atoms. The van der Waals surface area contributed by atoms with Crippen LogP contribution in [0.4, 0.5) is 5.13 Å². The summed E-state index contributed by atoms with van der Waals surface area (Å²) in [5, 5.41) is 5.70. The minimum Gasteiger partial charge on any atom is -0.496 e. The molecule has 1 N–H and O–H groups in total. The number of benzene rings is 2. The second-order valence-corrected chi connectivity index (χ2v) is 9.14. The van der Waals surface area contributed by atoms with E-state index in [9.17, 15) is 9.59 Å². The number of para-hydroxylation sites is 2. The van der Waals surface area contributed by atoms with Crippen molar-refractivity contribution in [2.75, 3.05) is 32.6 Å². The summed E-state index contributed by atoms with van der Waals surface area (Å²) in [5.41, 5.74) is 4.53. The van der Waals surface area contributed by atoms with Gasteiger partial charge in [-0.2, -0.15) is 0 Å². The molecule has 1 aliphatic heterocycles. The van der Waals surface area contributed by atoms with Crippen molar-refractivity contribution in [2.24, 2.45) is 0 Å². The van der Waals surface area contributed by atoms with E-state index < -0.39 is 18.5 Å². The number of carbonyl (C=O) groups is 2. The van der Waals surface area contributed by atoms with Crippen LogP contribution in [0.2, 0.25) is 0 Å². The van der Waals surface area contributed by atoms with Gasteiger partial charge in [0.15, 0.2) is 11.7 Å². The van der Waals surface area contributed by atoms with Crippen LogP contribution in [-0.2, 0) is 22.5 Å². The minimum absolute atomic E-state index is 0.413. The van der Waals surface area contributed by atoms with Gasteiger partial charge < -0.3 is 14.4 Å². The van der Waals surface area contributed by atoms with Crippen LogP contribution in [0.3, 0.4) is 0 Å². The number of pyridine rings is 1. The SMILES string of the molecule is COc1ccccc1-c1csc(NC(=O)COC(=O)c2c3c(nc4ccccc24)CCN(C)C3)n1. The predicted molar refractivity (Wildman–Crippen MR) is 135 cm³/mol. The van der Waals surface area contributed by atoms with E-state index in [-0.39, 0.29) is 0 Å². The number of nitrogens with one attached hydrogen (secondary N) is 1. The zero-order valence-corrected chi connectivity index (χ0v) is 20.2. The summed E-state index contributed by atoms with van der Waals surface area (Å²) >= 11 is 1.29. The van der Waals surface area contributed by atoms with Crippen LogP contribution < -0.4 is 10.1 Å². The minimum atomic E-state index is -0.529. The molecule has 0 unspecified atom stereocenters. The van der Waals surface area contributed by atoms with E-state index in [0.29, 0.717) is 28.7 Å². The Hall–Kier alpha value is -3.82. The lowest BCUT2D eigenvalue weighted by Crippen LogP contribution is -2.30. The fourth-order valence-electron chi connectivity index (χ4n) is 4.23. The lowest BCUT2D eigenvalue weighted by Gasteiger charge is -2.26. The van der Waals surface area contributed by atoms with Gasteiger partial charge in [-0.1, -0.05) is 30.3 Å². The van der Waals surface area contributed by atoms with Gasteiger partial charge in [0, 0.05) is 47.1 Å². The van der Waals surface area contributed by atoms with E-state index in [1.807, 2.05) is 61.0 Å². The van der Waals surface area contributed by atoms with E-state index in [1.165, 1.54) is 11.3 Å². The van der Waals surface area contributed by atoms with Gasteiger partial charge >= 0.3 is 5.97 Å². The van der Waals surface area contributed by atoms with E-state index in [0.717, 1.165) is 40.7 Å². The summed E-state index contributed by atoms with van der Waals surface area (Å²) in [5.74, 6) is -0.286. The summed E-state index contributed by atoms with van der Waals surface area (Å²) in [4.78, 5) is 37.1. The van der Waals surface area contributed by atoms with Crippen molar-refractivity contribution in [3.63, 3.8) is 0 Å². The highest BCUT2D eigenvalue weighted by Gasteiger charge is 2.26. The number of hydrogen-bond donors (Lipinski definition) is 1. The molecule has 0 radical (unpaired) electrons. The van der Waals surface area contributed by atoms with Crippen molar-refractivity contribution in [1.29, 1.82) is 0 Å². The van der Waals surface area contributed by atoms with Crippen LogP contribution in [0.15, 0.2) is 53.9 Å². The molecule has 4 aromatic rings. The molecule has 0 atom stereocenters. The third kappa shape index (κ3) is 4.73. The summed E-state index contributed by atoms with van der Waals surface area (Å²) in [6, 6.07) is 15.0. The Balaban J connectivity index is 1.31. The summed E-state index contributed by atoms with van der Waals surface area (Å²) < 4.78 is 10.8. The van der Waals surface area contributed by atoms with Crippen molar-refractivity contribution in [2.45, 2.75) is 13.0 Å². The zero-order chi connectivity index (χ0) is 24.4. The maximum absolute atomic E-state index is 13.2. The standard InChI is InChI=1S/C26H24N4O4S/c1-30-12-11-20-18(13-30)24(17-8-3-5-9-19(17)27-20)25(32)34-14-23(31)29-26-28-21(15-35-26)16-7-4-6-10-22(16)33-2/h3-10,15H,11-14H2,1-2H3,(H,28,29,31). The second kappa shape index (κ2) is 9.81. The van der Waals surface area contributed by atoms with E-state index in [2.05, 4.69) is 15.2 Å². The van der Waals surface area contributed by atoms with Crippen molar-refractivity contribution >= 4 is 39.2 Å². The number of ether oxygens (including phenoxy) is 2. The number of thiazole rings is 1. The van der Waals surface area contributed by atoms with E-state index >= 15 is 0 Å². The van der Waals surface area contributed by atoms with Crippen molar-refractivity contribution in [3.05, 3.63) is 70.7 Å². The number of hydrogen-bond acceptors (Lipinski definition) is 8. The third-order valence-corrected chi connectivity index (χ3v) is 6.67. The zero-order valence-electron chi connectivity index (χ0n) is 19.4. The molecule has 3 heterocycles. The molecule has 2 aromatic carbocycles. The van der Waals surface area contributed by atoms with Gasteiger partial charge in [-0.3, -0.25) is 15.1 Å². The first-order chi connectivity index (χ1) is 17.0. The van der Waals surface area contributed by atoms with Gasteiger partial charge in [0.05, 0.1) is 23.9 Å². The lowest BCUT2D eigenvalue weighted by molar-refractivity contribution is -0.119. The maximum atomic E-state index is 13.2. The third-order valence-electron chi connectivity index (χ3n) is 5.91. The van der Waals surface area contributed by atoms with Crippen LogP contribution in [0.25, 0.3) is 22.2 Å². The van der Waals surface area contributed by atoms with Crippen LogP contribution >= 0.6 is 11.3 Å². The Morgan fingerprint density at radius 2 is 1.91 bits per heavy atom.